The van der Waals surface area contributed by atoms with Gasteiger partial charge in [0.15, 0.2) is 0 Å². The van der Waals surface area contributed by atoms with Gasteiger partial charge in [-0.15, -0.1) is 0 Å². The van der Waals surface area contributed by atoms with Crippen molar-refractivity contribution in [3.05, 3.63) is 0 Å². The molecule has 0 fully saturated rings. The van der Waals surface area contributed by atoms with E-state index in [9.17, 15) is 0 Å². The minimum absolute atomic E-state index is 0.701. The molecule has 7 heavy (non-hydrogen) atoms. The molecule has 0 saturated carbocycles. The lowest BCUT2D eigenvalue weighted by atomic mass is 10.2. The summed E-state index contributed by atoms with van der Waals surface area (Å²) in [4.78, 5) is 1.09. The fourth-order valence-corrected chi connectivity index (χ4v) is 0.456. The molecule has 1 nitrogen and oxygen atoms in total. The van der Waals surface area contributed by atoms with Crippen LogP contribution in [0, 0.1) is 0 Å². The summed E-state index contributed by atoms with van der Waals surface area (Å²) in [6, 6.07) is 0. The molecule has 0 heterocycles. The SMILES string of the molecule is CCC(=S)CCN. The van der Waals surface area contributed by atoms with Crippen LogP contribution in [0.1, 0.15) is 19.8 Å². The topological polar surface area (TPSA) is 26.0 Å². The average Bonchev–Trinajstić information content (AvgIpc) is 1.68. The van der Waals surface area contributed by atoms with Crippen molar-refractivity contribution >= 4 is 17.1 Å². The molecule has 0 aliphatic carbocycles. The lowest BCUT2D eigenvalue weighted by Crippen LogP contribution is -2.04. The average molecular weight is 117 g/mol. The van der Waals surface area contributed by atoms with Crippen molar-refractivity contribution in [1.29, 1.82) is 0 Å². The Morgan fingerprint density at radius 3 is 2.43 bits per heavy atom. The molecule has 0 bridgehead atoms. The molecule has 0 aromatic heterocycles. The molecule has 0 unspecified atom stereocenters. The third-order valence-corrected chi connectivity index (χ3v) is 1.31. The molecule has 0 aromatic rings. The Morgan fingerprint density at radius 2 is 2.29 bits per heavy atom. The number of nitrogens with two attached hydrogens (primary N) is 1. The summed E-state index contributed by atoms with van der Waals surface area (Å²) in [5.41, 5.74) is 5.22. The van der Waals surface area contributed by atoms with Crippen LogP contribution >= 0.6 is 12.2 Å². The molecule has 0 rings (SSSR count). The first-order chi connectivity index (χ1) is 3.31. The third kappa shape index (κ3) is 3.89. The molecule has 0 aliphatic rings. The maximum atomic E-state index is 5.22. The number of rotatable bonds is 3. The van der Waals surface area contributed by atoms with Gasteiger partial charge in [0, 0.05) is 0 Å². The van der Waals surface area contributed by atoms with Crippen LogP contribution in [0.4, 0.5) is 0 Å². The van der Waals surface area contributed by atoms with Gasteiger partial charge in [0.05, 0.1) is 0 Å². The molecular formula is C5H11NS. The summed E-state index contributed by atoms with van der Waals surface area (Å²) in [6.07, 6.45) is 1.90. The predicted molar refractivity (Wildman–Crippen MR) is 36.6 cm³/mol. The van der Waals surface area contributed by atoms with E-state index in [0.717, 1.165) is 17.7 Å². The summed E-state index contributed by atoms with van der Waals surface area (Å²) in [5, 5.41) is 0. The third-order valence-electron chi connectivity index (χ3n) is 0.818. The highest BCUT2D eigenvalue weighted by Gasteiger charge is 1.86. The van der Waals surface area contributed by atoms with Crippen LogP contribution < -0.4 is 5.73 Å². The summed E-state index contributed by atoms with van der Waals surface area (Å²) >= 11 is 4.87. The quantitative estimate of drug-likeness (QED) is 0.560. The van der Waals surface area contributed by atoms with E-state index >= 15 is 0 Å². The van der Waals surface area contributed by atoms with Crippen LogP contribution in [-0.2, 0) is 0 Å². The zero-order chi connectivity index (χ0) is 5.70. The van der Waals surface area contributed by atoms with Gasteiger partial charge in [-0.3, -0.25) is 0 Å². The van der Waals surface area contributed by atoms with Gasteiger partial charge in [-0.2, -0.15) is 0 Å². The zero-order valence-corrected chi connectivity index (χ0v) is 5.42. The van der Waals surface area contributed by atoms with Crippen molar-refractivity contribution < 1.29 is 0 Å². The normalized spacial score (nSPS) is 8.86. The standard InChI is InChI=1S/C5H11NS/c1-2-5(7)3-4-6/h2-4,6H2,1H3. The van der Waals surface area contributed by atoms with E-state index in [1.165, 1.54) is 0 Å². The maximum Gasteiger partial charge on any atom is -0.00317 e. The highest BCUT2D eigenvalue weighted by molar-refractivity contribution is 7.80. The van der Waals surface area contributed by atoms with Crippen LogP contribution in [0.15, 0.2) is 0 Å². The van der Waals surface area contributed by atoms with Crippen molar-refractivity contribution in [3.63, 3.8) is 0 Å². The van der Waals surface area contributed by atoms with E-state index in [-0.39, 0.29) is 0 Å². The van der Waals surface area contributed by atoms with E-state index < -0.39 is 0 Å². The highest BCUT2D eigenvalue weighted by Crippen LogP contribution is 1.87. The second kappa shape index (κ2) is 4.22. The molecule has 0 saturated heterocycles. The number of hydrogen-bond donors (Lipinski definition) is 1. The Kier molecular flexibility index (Phi) is 4.25. The molecule has 2 heteroatoms. The molecule has 42 valence electrons. The Labute approximate surface area is 49.9 Å². The smallest absolute Gasteiger partial charge is 0.00317 e. The molecule has 0 amide bonds. The van der Waals surface area contributed by atoms with Crippen LogP contribution in [0.3, 0.4) is 0 Å². The van der Waals surface area contributed by atoms with Gasteiger partial charge < -0.3 is 5.73 Å². The van der Waals surface area contributed by atoms with Gasteiger partial charge >= 0.3 is 0 Å². The molecule has 0 aromatic carbocycles. The molecule has 0 radical (unpaired) electrons. The second-order valence-corrected chi connectivity index (χ2v) is 2.01. The predicted octanol–water partition coefficient (Wildman–Crippen LogP) is 1.12. The van der Waals surface area contributed by atoms with E-state index in [1.807, 2.05) is 0 Å². The molecule has 0 aliphatic heterocycles. The Balaban J connectivity index is 3.00. The fourth-order valence-electron chi connectivity index (χ4n) is 0.338. The van der Waals surface area contributed by atoms with Crippen molar-refractivity contribution in [2.24, 2.45) is 5.73 Å². The highest BCUT2D eigenvalue weighted by atomic mass is 32.1. The van der Waals surface area contributed by atoms with Gasteiger partial charge in [-0.05, 0) is 24.3 Å². The van der Waals surface area contributed by atoms with Crippen LogP contribution in [0.2, 0.25) is 0 Å². The van der Waals surface area contributed by atoms with Gasteiger partial charge in [-0.25, -0.2) is 0 Å². The first-order valence-electron chi connectivity index (χ1n) is 2.53. The lowest BCUT2D eigenvalue weighted by molar-refractivity contribution is 1.03. The van der Waals surface area contributed by atoms with Gasteiger partial charge in [0.25, 0.3) is 0 Å². The van der Waals surface area contributed by atoms with Crippen LogP contribution in [-0.4, -0.2) is 11.4 Å². The van der Waals surface area contributed by atoms with Crippen LogP contribution in [0.5, 0.6) is 0 Å². The Bertz CT molecular complexity index is 61.1. The largest absolute Gasteiger partial charge is 0.330 e. The first-order valence-corrected chi connectivity index (χ1v) is 2.93. The second-order valence-electron chi connectivity index (χ2n) is 1.43. The van der Waals surface area contributed by atoms with Gasteiger partial charge in [-0.1, -0.05) is 19.1 Å². The van der Waals surface area contributed by atoms with Gasteiger partial charge in [0.1, 0.15) is 0 Å². The number of thiocarbonyl (C=S) groups is 1. The van der Waals surface area contributed by atoms with Crippen molar-refractivity contribution in [2.75, 3.05) is 6.54 Å². The van der Waals surface area contributed by atoms with E-state index in [1.54, 1.807) is 0 Å². The lowest BCUT2D eigenvalue weighted by Gasteiger charge is -1.91. The number of hydrogen-bond acceptors (Lipinski definition) is 2. The molecule has 0 spiro atoms. The first kappa shape index (κ1) is 7.05. The van der Waals surface area contributed by atoms with Crippen molar-refractivity contribution in [3.8, 4) is 0 Å². The fraction of sp³-hybridized carbons (Fsp3) is 0.800. The molecule has 2 N–H and O–H groups in total. The minimum atomic E-state index is 0.701. The minimum Gasteiger partial charge on any atom is -0.330 e. The van der Waals surface area contributed by atoms with Gasteiger partial charge in [0.2, 0.25) is 0 Å². The monoisotopic (exact) mass is 117 g/mol. The Morgan fingerprint density at radius 1 is 1.71 bits per heavy atom. The van der Waals surface area contributed by atoms with E-state index in [0.29, 0.717) is 6.54 Å². The van der Waals surface area contributed by atoms with E-state index in [2.05, 4.69) is 6.92 Å². The summed E-state index contributed by atoms with van der Waals surface area (Å²) < 4.78 is 0. The van der Waals surface area contributed by atoms with Crippen molar-refractivity contribution in [2.45, 2.75) is 19.8 Å². The Hall–Kier alpha value is 0.0500. The maximum absolute atomic E-state index is 5.22. The molecule has 0 atom stereocenters. The summed E-state index contributed by atoms with van der Waals surface area (Å²) in [6.45, 7) is 2.75. The summed E-state index contributed by atoms with van der Waals surface area (Å²) in [5.74, 6) is 0. The van der Waals surface area contributed by atoms with E-state index in [4.69, 9.17) is 18.0 Å². The van der Waals surface area contributed by atoms with Crippen molar-refractivity contribution in [1.82, 2.24) is 0 Å². The van der Waals surface area contributed by atoms with Crippen LogP contribution in [0.25, 0.3) is 0 Å². The summed E-state index contributed by atoms with van der Waals surface area (Å²) in [7, 11) is 0. The molecular weight excluding hydrogens is 106 g/mol. The zero-order valence-electron chi connectivity index (χ0n) is 4.61.